The Morgan fingerprint density at radius 2 is 1.94 bits per heavy atom. The second kappa shape index (κ2) is 7.49. The van der Waals surface area contributed by atoms with E-state index in [9.17, 15) is 0 Å². The van der Waals surface area contributed by atoms with E-state index in [-0.39, 0.29) is 0 Å². The van der Waals surface area contributed by atoms with E-state index in [1.165, 1.54) is 57.8 Å². The van der Waals surface area contributed by atoms with Crippen molar-refractivity contribution in [1.29, 1.82) is 0 Å². The summed E-state index contributed by atoms with van der Waals surface area (Å²) in [6.07, 6.45) is 13.3. The van der Waals surface area contributed by atoms with Crippen LogP contribution in [0.25, 0.3) is 0 Å². The van der Waals surface area contributed by atoms with Crippen molar-refractivity contribution in [3.63, 3.8) is 0 Å². The molecule has 2 heteroatoms. The highest BCUT2D eigenvalue weighted by Crippen LogP contribution is 2.31. The van der Waals surface area contributed by atoms with Gasteiger partial charge in [0.2, 0.25) is 0 Å². The highest BCUT2D eigenvalue weighted by molar-refractivity contribution is 4.84. The number of ether oxygens (including phenoxy) is 1. The van der Waals surface area contributed by atoms with E-state index < -0.39 is 0 Å². The molecule has 2 aliphatic rings. The van der Waals surface area contributed by atoms with E-state index >= 15 is 0 Å². The third-order valence-corrected chi connectivity index (χ3v) is 4.73. The van der Waals surface area contributed by atoms with Gasteiger partial charge in [-0.05, 0) is 51.5 Å². The lowest BCUT2D eigenvalue weighted by Crippen LogP contribution is -2.40. The molecule has 3 atom stereocenters. The Morgan fingerprint density at radius 1 is 1.17 bits per heavy atom. The van der Waals surface area contributed by atoms with Crippen molar-refractivity contribution in [2.75, 3.05) is 6.54 Å². The first-order valence-electron chi connectivity index (χ1n) is 8.18. The Kier molecular flexibility index (Phi) is 5.97. The Labute approximate surface area is 113 Å². The zero-order chi connectivity index (χ0) is 12.8. The summed E-state index contributed by atoms with van der Waals surface area (Å²) in [6.45, 7) is 5.61. The molecule has 1 N–H and O–H groups in total. The van der Waals surface area contributed by atoms with Crippen LogP contribution in [0, 0.1) is 5.92 Å². The van der Waals surface area contributed by atoms with Gasteiger partial charge in [-0.15, -0.1) is 0 Å². The molecule has 0 aromatic rings. The average molecular weight is 253 g/mol. The van der Waals surface area contributed by atoms with Crippen LogP contribution in [0.15, 0.2) is 0 Å². The maximum Gasteiger partial charge on any atom is 0.0732 e. The Bertz CT molecular complexity index is 225. The molecule has 1 aliphatic carbocycles. The molecule has 1 heterocycles. The minimum Gasteiger partial charge on any atom is -0.374 e. The maximum atomic E-state index is 6.07. The van der Waals surface area contributed by atoms with Crippen molar-refractivity contribution < 1.29 is 4.74 Å². The highest BCUT2D eigenvalue weighted by atomic mass is 16.5. The van der Waals surface area contributed by atoms with E-state index in [1.54, 1.807) is 0 Å². The average Bonchev–Trinajstić information content (AvgIpc) is 3.01. The largest absolute Gasteiger partial charge is 0.374 e. The van der Waals surface area contributed by atoms with Crippen LogP contribution in [0.2, 0.25) is 0 Å². The lowest BCUT2D eigenvalue weighted by atomic mass is 9.95. The van der Waals surface area contributed by atoms with Crippen molar-refractivity contribution in [3.8, 4) is 0 Å². The summed E-state index contributed by atoms with van der Waals surface area (Å²) < 4.78 is 6.07. The van der Waals surface area contributed by atoms with E-state index in [0.717, 1.165) is 12.5 Å². The SMILES string of the molecule is CCCNC(CCC1CCCC1)C1CCC(C)O1. The molecule has 106 valence electrons. The smallest absolute Gasteiger partial charge is 0.0732 e. The zero-order valence-electron chi connectivity index (χ0n) is 12.3. The van der Waals surface area contributed by atoms with E-state index in [4.69, 9.17) is 4.74 Å². The van der Waals surface area contributed by atoms with Gasteiger partial charge in [0, 0.05) is 6.04 Å². The van der Waals surface area contributed by atoms with Gasteiger partial charge in [-0.3, -0.25) is 0 Å². The lowest BCUT2D eigenvalue weighted by Gasteiger charge is -2.26. The summed E-state index contributed by atoms with van der Waals surface area (Å²) >= 11 is 0. The van der Waals surface area contributed by atoms with E-state index in [1.807, 2.05) is 0 Å². The van der Waals surface area contributed by atoms with Crippen molar-refractivity contribution in [1.82, 2.24) is 5.32 Å². The zero-order valence-corrected chi connectivity index (χ0v) is 12.3. The summed E-state index contributed by atoms with van der Waals surface area (Å²) in [4.78, 5) is 0. The topological polar surface area (TPSA) is 21.3 Å². The first-order chi connectivity index (χ1) is 8.79. The summed E-state index contributed by atoms with van der Waals surface area (Å²) in [6, 6.07) is 0.607. The molecule has 0 spiro atoms. The molecular weight excluding hydrogens is 222 g/mol. The molecule has 3 unspecified atom stereocenters. The van der Waals surface area contributed by atoms with E-state index in [2.05, 4.69) is 19.2 Å². The monoisotopic (exact) mass is 253 g/mol. The molecule has 1 saturated carbocycles. The Balaban J connectivity index is 1.76. The number of hydrogen-bond acceptors (Lipinski definition) is 2. The summed E-state index contributed by atoms with van der Waals surface area (Å²) in [7, 11) is 0. The van der Waals surface area contributed by atoms with Crippen LogP contribution >= 0.6 is 0 Å². The summed E-state index contributed by atoms with van der Waals surface area (Å²) in [5, 5.41) is 3.73. The fraction of sp³-hybridized carbons (Fsp3) is 1.00. The van der Waals surface area contributed by atoms with Crippen molar-refractivity contribution in [2.24, 2.45) is 5.92 Å². The third-order valence-electron chi connectivity index (χ3n) is 4.73. The van der Waals surface area contributed by atoms with Gasteiger partial charge in [-0.2, -0.15) is 0 Å². The van der Waals surface area contributed by atoms with Crippen LogP contribution in [0.4, 0.5) is 0 Å². The number of rotatable bonds is 7. The number of hydrogen-bond donors (Lipinski definition) is 1. The minimum atomic E-state index is 0.479. The number of nitrogens with one attached hydrogen (secondary N) is 1. The lowest BCUT2D eigenvalue weighted by molar-refractivity contribution is 0.0287. The maximum absolute atomic E-state index is 6.07. The molecule has 0 aromatic carbocycles. The normalized spacial score (nSPS) is 31.0. The predicted molar refractivity (Wildman–Crippen MR) is 76.8 cm³/mol. The van der Waals surface area contributed by atoms with Gasteiger partial charge in [0.25, 0.3) is 0 Å². The molecule has 0 aromatic heterocycles. The first-order valence-corrected chi connectivity index (χ1v) is 8.18. The van der Waals surface area contributed by atoms with Gasteiger partial charge in [0.05, 0.1) is 12.2 Å². The van der Waals surface area contributed by atoms with Gasteiger partial charge < -0.3 is 10.1 Å². The van der Waals surface area contributed by atoms with Crippen LogP contribution in [-0.2, 0) is 4.74 Å². The summed E-state index contributed by atoms with van der Waals surface area (Å²) in [5.74, 6) is 1.01. The quantitative estimate of drug-likeness (QED) is 0.743. The van der Waals surface area contributed by atoms with Crippen molar-refractivity contribution in [2.45, 2.75) is 89.9 Å². The van der Waals surface area contributed by atoms with Crippen LogP contribution < -0.4 is 5.32 Å². The van der Waals surface area contributed by atoms with E-state index in [0.29, 0.717) is 18.2 Å². The molecule has 0 bridgehead atoms. The Hall–Kier alpha value is -0.0800. The van der Waals surface area contributed by atoms with Crippen LogP contribution in [-0.4, -0.2) is 24.8 Å². The molecule has 2 fully saturated rings. The fourth-order valence-corrected chi connectivity index (χ4v) is 3.59. The molecule has 18 heavy (non-hydrogen) atoms. The van der Waals surface area contributed by atoms with Gasteiger partial charge in [0.15, 0.2) is 0 Å². The van der Waals surface area contributed by atoms with Gasteiger partial charge in [-0.1, -0.05) is 32.6 Å². The molecule has 0 radical (unpaired) electrons. The molecule has 1 aliphatic heterocycles. The molecular formula is C16H31NO. The van der Waals surface area contributed by atoms with Gasteiger partial charge >= 0.3 is 0 Å². The molecule has 0 amide bonds. The molecule has 2 nitrogen and oxygen atoms in total. The fourth-order valence-electron chi connectivity index (χ4n) is 3.59. The second-order valence-electron chi connectivity index (χ2n) is 6.35. The van der Waals surface area contributed by atoms with Crippen molar-refractivity contribution in [3.05, 3.63) is 0 Å². The van der Waals surface area contributed by atoms with Gasteiger partial charge in [-0.25, -0.2) is 0 Å². The van der Waals surface area contributed by atoms with Gasteiger partial charge in [0.1, 0.15) is 0 Å². The highest BCUT2D eigenvalue weighted by Gasteiger charge is 2.29. The predicted octanol–water partition coefficient (Wildman–Crippen LogP) is 3.89. The van der Waals surface area contributed by atoms with Crippen LogP contribution in [0.5, 0.6) is 0 Å². The second-order valence-corrected chi connectivity index (χ2v) is 6.35. The first kappa shape index (κ1) is 14.3. The Morgan fingerprint density at radius 3 is 2.56 bits per heavy atom. The molecule has 1 saturated heterocycles. The molecule has 2 rings (SSSR count). The van der Waals surface area contributed by atoms with Crippen molar-refractivity contribution >= 4 is 0 Å². The summed E-state index contributed by atoms with van der Waals surface area (Å²) in [5.41, 5.74) is 0. The van der Waals surface area contributed by atoms with Crippen LogP contribution in [0.3, 0.4) is 0 Å². The minimum absolute atomic E-state index is 0.479. The standard InChI is InChI=1S/C16H31NO/c1-3-12-17-15(16-11-8-13(2)18-16)10-9-14-6-4-5-7-14/h13-17H,3-12H2,1-2H3. The third kappa shape index (κ3) is 4.24. The van der Waals surface area contributed by atoms with Crippen LogP contribution in [0.1, 0.15) is 71.6 Å².